The van der Waals surface area contributed by atoms with Crippen molar-refractivity contribution in [2.24, 2.45) is 0 Å². The highest BCUT2D eigenvalue weighted by Gasteiger charge is 2.26. The van der Waals surface area contributed by atoms with Crippen LogP contribution in [-0.2, 0) is 0 Å². The molecular formula is C20H22N2O2S. The summed E-state index contributed by atoms with van der Waals surface area (Å²) in [7, 11) is 0. The first-order valence-corrected chi connectivity index (χ1v) is 9.61. The Morgan fingerprint density at radius 1 is 0.840 bits per heavy atom. The normalized spacial score (nSPS) is 14.5. The molecule has 0 atom stereocenters. The molecule has 0 bridgehead atoms. The topological polar surface area (TPSA) is 40.6 Å². The summed E-state index contributed by atoms with van der Waals surface area (Å²) in [4.78, 5) is 30.1. The van der Waals surface area contributed by atoms with Crippen LogP contribution in [0.15, 0.2) is 53.4 Å². The number of thioether (sulfide) groups is 1. The molecular weight excluding hydrogens is 332 g/mol. The Bertz CT molecular complexity index is 766. The second-order valence-electron chi connectivity index (χ2n) is 6.13. The van der Waals surface area contributed by atoms with E-state index < -0.39 is 0 Å². The monoisotopic (exact) mass is 354 g/mol. The maximum atomic E-state index is 12.7. The van der Waals surface area contributed by atoms with E-state index in [4.69, 9.17) is 0 Å². The van der Waals surface area contributed by atoms with Gasteiger partial charge in [0, 0.05) is 42.2 Å². The van der Waals surface area contributed by atoms with Gasteiger partial charge in [0.1, 0.15) is 0 Å². The maximum absolute atomic E-state index is 12.7. The zero-order chi connectivity index (χ0) is 17.8. The first kappa shape index (κ1) is 17.5. The van der Waals surface area contributed by atoms with E-state index in [2.05, 4.69) is 0 Å². The number of hydrogen-bond donors (Lipinski definition) is 0. The van der Waals surface area contributed by atoms with E-state index in [1.807, 2.05) is 71.5 Å². The summed E-state index contributed by atoms with van der Waals surface area (Å²) in [5, 5.41) is 0. The lowest BCUT2D eigenvalue weighted by Crippen LogP contribution is -2.50. The second-order valence-corrected chi connectivity index (χ2v) is 7.01. The van der Waals surface area contributed by atoms with Crippen LogP contribution in [0.5, 0.6) is 0 Å². The lowest BCUT2D eigenvalue weighted by atomic mass is 10.1. The Morgan fingerprint density at radius 3 is 1.96 bits per heavy atom. The van der Waals surface area contributed by atoms with Crippen LogP contribution in [0.3, 0.4) is 0 Å². The van der Waals surface area contributed by atoms with Crippen molar-refractivity contribution in [1.29, 1.82) is 0 Å². The highest BCUT2D eigenvalue weighted by Crippen LogP contribution is 2.17. The smallest absolute Gasteiger partial charge is 0.254 e. The fraction of sp³-hybridized carbons (Fsp3) is 0.300. The molecule has 0 spiro atoms. The van der Waals surface area contributed by atoms with Crippen molar-refractivity contribution in [3.63, 3.8) is 0 Å². The number of carbonyl (C=O) groups excluding carboxylic acids is 2. The molecule has 0 N–H and O–H groups in total. The van der Waals surface area contributed by atoms with Crippen molar-refractivity contribution in [2.45, 2.75) is 11.8 Å². The van der Waals surface area contributed by atoms with E-state index in [9.17, 15) is 9.59 Å². The SMILES string of the molecule is CSc1ccc(C(=O)N2CCN(C(=O)c3ccccc3C)CC2)cc1. The predicted molar refractivity (Wildman–Crippen MR) is 101 cm³/mol. The van der Waals surface area contributed by atoms with Gasteiger partial charge in [-0.25, -0.2) is 0 Å². The van der Waals surface area contributed by atoms with Crippen molar-refractivity contribution >= 4 is 23.6 Å². The van der Waals surface area contributed by atoms with Gasteiger partial charge in [0.05, 0.1) is 0 Å². The molecule has 4 nitrogen and oxygen atoms in total. The first-order valence-electron chi connectivity index (χ1n) is 8.38. The highest BCUT2D eigenvalue weighted by molar-refractivity contribution is 7.98. The molecule has 2 amide bonds. The minimum Gasteiger partial charge on any atom is -0.335 e. The van der Waals surface area contributed by atoms with Gasteiger partial charge in [-0.3, -0.25) is 9.59 Å². The lowest BCUT2D eigenvalue weighted by molar-refractivity contribution is 0.0535. The average Bonchev–Trinajstić information content (AvgIpc) is 2.67. The molecule has 0 saturated carbocycles. The van der Waals surface area contributed by atoms with Gasteiger partial charge in [-0.1, -0.05) is 18.2 Å². The minimum atomic E-state index is 0.0376. The summed E-state index contributed by atoms with van der Waals surface area (Å²) >= 11 is 1.66. The number of nitrogens with zero attached hydrogens (tertiary/aromatic N) is 2. The molecule has 0 aromatic heterocycles. The molecule has 0 aliphatic carbocycles. The molecule has 130 valence electrons. The Balaban J connectivity index is 1.62. The van der Waals surface area contributed by atoms with Gasteiger partial charge in [-0.15, -0.1) is 11.8 Å². The van der Waals surface area contributed by atoms with E-state index >= 15 is 0 Å². The van der Waals surface area contributed by atoms with Crippen LogP contribution < -0.4 is 0 Å². The summed E-state index contributed by atoms with van der Waals surface area (Å²) in [5.41, 5.74) is 2.44. The largest absolute Gasteiger partial charge is 0.335 e. The summed E-state index contributed by atoms with van der Waals surface area (Å²) in [6, 6.07) is 15.3. The number of hydrogen-bond acceptors (Lipinski definition) is 3. The maximum Gasteiger partial charge on any atom is 0.254 e. The summed E-state index contributed by atoms with van der Waals surface area (Å²) in [5.74, 6) is 0.0881. The molecule has 1 aliphatic heterocycles. The van der Waals surface area contributed by atoms with Gasteiger partial charge in [-0.05, 0) is 49.1 Å². The van der Waals surface area contributed by atoms with Gasteiger partial charge in [-0.2, -0.15) is 0 Å². The Kier molecular flexibility index (Phi) is 5.43. The molecule has 5 heteroatoms. The molecule has 25 heavy (non-hydrogen) atoms. The van der Waals surface area contributed by atoms with Gasteiger partial charge < -0.3 is 9.80 Å². The lowest BCUT2D eigenvalue weighted by Gasteiger charge is -2.35. The van der Waals surface area contributed by atoms with Crippen molar-refractivity contribution in [2.75, 3.05) is 32.4 Å². The van der Waals surface area contributed by atoms with Crippen LogP contribution in [-0.4, -0.2) is 54.0 Å². The standard InChI is InChI=1S/C20H22N2O2S/c1-15-5-3-4-6-18(15)20(24)22-13-11-21(12-14-22)19(23)16-7-9-17(25-2)10-8-16/h3-10H,11-14H2,1-2H3. The van der Waals surface area contributed by atoms with Crippen LogP contribution in [0.2, 0.25) is 0 Å². The van der Waals surface area contributed by atoms with Crippen LogP contribution >= 0.6 is 11.8 Å². The van der Waals surface area contributed by atoms with Gasteiger partial charge in [0.25, 0.3) is 11.8 Å². The molecule has 2 aromatic rings. The van der Waals surface area contributed by atoms with Crippen molar-refractivity contribution in [3.05, 3.63) is 65.2 Å². The number of aryl methyl sites for hydroxylation is 1. The number of carbonyl (C=O) groups is 2. The minimum absolute atomic E-state index is 0.0376. The van der Waals surface area contributed by atoms with Gasteiger partial charge >= 0.3 is 0 Å². The zero-order valence-electron chi connectivity index (χ0n) is 14.6. The average molecular weight is 354 g/mol. The highest BCUT2D eigenvalue weighted by atomic mass is 32.2. The Labute approximate surface area is 152 Å². The summed E-state index contributed by atoms with van der Waals surface area (Å²) in [6.07, 6.45) is 2.02. The van der Waals surface area contributed by atoms with Gasteiger partial charge in [0.2, 0.25) is 0 Å². The van der Waals surface area contributed by atoms with Crippen LogP contribution in [0, 0.1) is 6.92 Å². The van der Waals surface area contributed by atoms with E-state index in [1.165, 1.54) is 0 Å². The number of piperazine rings is 1. The molecule has 1 aliphatic rings. The quantitative estimate of drug-likeness (QED) is 0.794. The van der Waals surface area contributed by atoms with Crippen molar-refractivity contribution in [3.8, 4) is 0 Å². The Morgan fingerprint density at radius 2 is 1.40 bits per heavy atom. The molecule has 1 saturated heterocycles. The second kappa shape index (κ2) is 7.74. The van der Waals surface area contributed by atoms with Crippen molar-refractivity contribution < 1.29 is 9.59 Å². The van der Waals surface area contributed by atoms with E-state index in [0.29, 0.717) is 31.7 Å². The zero-order valence-corrected chi connectivity index (χ0v) is 15.4. The summed E-state index contributed by atoms with van der Waals surface area (Å²) < 4.78 is 0. The molecule has 1 fully saturated rings. The van der Waals surface area contributed by atoms with Gasteiger partial charge in [0.15, 0.2) is 0 Å². The number of amides is 2. The third-order valence-electron chi connectivity index (χ3n) is 4.57. The first-order chi connectivity index (χ1) is 12.1. The molecule has 0 unspecified atom stereocenters. The van der Waals surface area contributed by atoms with E-state index in [1.54, 1.807) is 11.8 Å². The fourth-order valence-electron chi connectivity index (χ4n) is 3.01. The number of rotatable bonds is 3. The summed E-state index contributed by atoms with van der Waals surface area (Å²) in [6.45, 7) is 4.23. The fourth-order valence-corrected chi connectivity index (χ4v) is 3.42. The van der Waals surface area contributed by atoms with E-state index in [-0.39, 0.29) is 11.8 Å². The third kappa shape index (κ3) is 3.87. The van der Waals surface area contributed by atoms with Crippen LogP contribution in [0.4, 0.5) is 0 Å². The molecule has 1 heterocycles. The van der Waals surface area contributed by atoms with Crippen LogP contribution in [0.25, 0.3) is 0 Å². The number of benzene rings is 2. The van der Waals surface area contributed by atoms with Crippen LogP contribution in [0.1, 0.15) is 26.3 Å². The molecule has 0 radical (unpaired) electrons. The Hall–Kier alpha value is -2.27. The van der Waals surface area contributed by atoms with E-state index in [0.717, 1.165) is 16.0 Å². The molecule has 3 rings (SSSR count). The predicted octanol–water partition coefficient (Wildman–Crippen LogP) is 3.32. The third-order valence-corrected chi connectivity index (χ3v) is 5.31. The molecule has 2 aromatic carbocycles. The van der Waals surface area contributed by atoms with Crippen molar-refractivity contribution in [1.82, 2.24) is 9.80 Å².